The number of amides is 1. The molecule has 1 amide bonds. The number of nitrogens with zero attached hydrogens (tertiary/aromatic N) is 1. The number of aliphatic carboxylic acids is 1. The Balaban J connectivity index is 1.68. The molecule has 2 aliphatic rings. The third kappa shape index (κ3) is 4.45. The van der Waals surface area contributed by atoms with Gasteiger partial charge in [-0.3, -0.25) is 9.59 Å². The topological polar surface area (TPSA) is 76.1 Å². The van der Waals surface area contributed by atoms with Crippen molar-refractivity contribution in [3.63, 3.8) is 0 Å². The molecule has 2 aliphatic heterocycles. The van der Waals surface area contributed by atoms with Gasteiger partial charge in [0.15, 0.2) is 0 Å². The van der Waals surface area contributed by atoms with Crippen LogP contribution in [0.25, 0.3) is 0 Å². The molecule has 0 bridgehead atoms. The van der Waals surface area contributed by atoms with Crippen LogP contribution in [0.5, 0.6) is 0 Å². The largest absolute Gasteiger partial charge is 0.481 e. The van der Waals surface area contributed by atoms with Gasteiger partial charge in [0.2, 0.25) is 5.91 Å². The summed E-state index contributed by atoms with van der Waals surface area (Å²) in [6.45, 7) is 3.06. The lowest BCUT2D eigenvalue weighted by Gasteiger charge is -2.35. The third-order valence-electron chi connectivity index (χ3n) is 3.99. The zero-order valence-corrected chi connectivity index (χ0v) is 11.8. The maximum absolute atomic E-state index is 12.3. The second-order valence-electron chi connectivity index (χ2n) is 5.43. The first-order valence-corrected chi connectivity index (χ1v) is 7.36. The van der Waals surface area contributed by atoms with Crippen LogP contribution in [-0.2, 0) is 19.1 Å². The highest BCUT2D eigenvalue weighted by Crippen LogP contribution is 2.21. The number of piperidine rings is 1. The first-order chi connectivity index (χ1) is 9.66. The van der Waals surface area contributed by atoms with Gasteiger partial charge in [-0.05, 0) is 25.7 Å². The van der Waals surface area contributed by atoms with Crippen LogP contribution in [0.4, 0.5) is 0 Å². The maximum Gasteiger partial charge on any atom is 0.305 e. The molecule has 2 fully saturated rings. The number of carbonyl (C=O) groups is 2. The average Bonchev–Trinajstić information content (AvgIpc) is 2.48. The van der Waals surface area contributed by atoms with Gasteiger partial charge in [0.25, 0.3) is 0 Å². The Kier molecular flexibility index (Phi) is 5.79. The quantitative estimate of drug-likeness (QED) is 0.812. The van der Waals surface area contributed by atoms with Crippen molar-refractivity contribution >= 4 is 11.9 Å². The Morgan fingerprint density at radius 1 is 1.15 bits per heavy atom. The van der Waals surface area contributed by atoms with Crippen molar-refractivity contribution in [2.45, 2.75) is 38.2 Å². The van der Waals surface area contributed by atoms with Crippen molar-refractivity contribution in [2.24, 2.45) is 5.92 Å². The van der Waals surface area contributed by atoms with Gasteiger partial charge < -0.3 is 19.5 Å². The van der Waals surface area contributed by atoms with Crippen LogP contribution in [0.15, 0.2) is 0 Å². The van der Waals surface area contributed by atoms with Crippen molar-refractivity contribution in [3.8, 4) is 0 Å². The summed E-state index contributed by atoms with van der Waals surface area (Å²) >= 11 is 0. The number of likely N-dealkylation sites (tertiary alicyclic amines) is 1. The summed E-state index contributed by atoms with van der Waals surface area (Å²) < 4.78 is 10.8. The maximum atomic E-state index is 12.3. The number of carbonyl (C=O) groups excluding carboxylic acids is 1. The van der Waals surface area contributed by atoms with Gasteiger partial charge in [0.1, 0.15) is 0 Å². The lowest BCUT2D eigenvalue weighted by atomic mass is 9.97. The van der Waals surface area contributed by atoms with Crippen LogP contribution in [-0.4, -0.2) is 60.9 Å². The number of rotatable bonds is 5. The third-order valence-corrected chi connectivity index (χ3v) is 3.99. The smallest absolute Gasteiger partial charge is 0.305 e. The fourth-order valence-electron chi connectivity index (χ4n) is 2.76. The van der Waals surface area contributed by atoms with E-state index in [2.05, 4.69) is 0 Å². The van der Waals surface area contributed by atoms with Crippen LogP contribution in [0.3, 0.4) is 0 Å². The normalized spacial score (nSPS) is 21.9. The van der Waals surface area contributed by atoms with Crippen molar-refractivity contribution in [1.29, 1.82) is 0 Å². The number of hydrogen-bond donors (Lipinski definition) is 1. The molecule has 0 spiro atoms. The minimum Gasteiger partial charge on any atom is -0.481 e. The summed E-state index contributed by atoms with van der Waals surface area (Å²) in [7, 11) is 0. The molecule has 0 aromatic heterocycles. The zero-order chi connectivity index (χ0) is 14.4. The van der Waals surface area contributed by atoms with E-state index in [1.165, 1.54) is 0 Å². The Labute approximate surface area is 119 Å². The fraction of sp³-hybridized carbons (Fsp3) is 0.857. The molecule has 0 aromatic rings. The predicted octanol–water partition coefficient (Wildman–Crippen LogP) is 0.895. The van der Waals surface area contributed by atoms with E-state index in [0.717, 1.165) is 25.7 Å². The van der Waals surface area contributed by atoms with E-state index in [0.29, 0.717) is 26.3 Å². The average molecular weight is 285 g/mol. The van der Waals surface area contributed by atoms with E-state index in [-0.39, 0.29) is 31.0 Å². The van der Waals surface area contributed by atoms with Crippen LogP contribution < -0.4 is 0 Å². The molecular formula is C14H23NO5. The second kappa shape index (κ2) is 7.59. The molecular weight excluding hydrogens is 262 g/mol. The summed E-state index contributed by atoms with van der Waals surface area (Å²) in [6.07, 6.45) is 3.39. The fourth-order valence-corrected chi connectivity index (χ4v) is 2.76. The first kappa shape index (κ1) is 15.3. The molecule has 114 valence electrons. The van der Waals surface area contributed by atoms with Crippen LogP contribution in [0, 0.1) is 5.92 Å². The monoisotopic (exact) mass is 285 g/mol. The van der Waals surface area contributed by atoms with Crippen molar-refractivity contribution < 1.29 is 24.2 Å². The van der Waals surface area contributed by atoms with Crippen molar-refractivity contribution in [3.05, 3.63) is 0 Å². The second-order valence-corrected chi connectivity index (χ2v) is 5.43. The Morgan fingerprint density at radius 3 is 2.40 bits per heavy atom. The molecule has 0 atom stereocenters. The molecule has 0 aromatic carbocycles. The van der Waals surface area contributed by atoms with E-state index < -0.39 is 5.97 Å². The lowest BCUT2D eigenvalue weighted by Crippen LogP contribution is -2.44. The highest BCUT2D eigenvalue weighted by Gasteiger charge is 2.29. The van der Waals surface area contributed by atoms with Gasteiger partial charge in [-0.25, -0.2) is 0 Å². The van der Waals surface area contributed by atoms with E-state index >= 15 is 0 Å². The van der Waals surface area contributed by atoms with Gasteiger partial charge in [0, 0.05) is 32.2 Å². The molecule has 2 heterocycles. The Hall–Kier alpha value is -1.14. The molecule has 0 aliphatic carbocycles. The molecule has 6 heteroatoms. The van der Waals surface area contributed by atoms with Gasteiger partial charge in [-0.1, -0.05) is 0 Å². The number of hydrogen-bond acceptors (Lipinski definition) is 4. The molecule has 0 radical (unpaired) electrons. The highest BCUT2D eigenvalue weighted by molar-refractivity contribution is 5.79. The highest BCUT2D eigenvalue weighted by atomic mass is 16.5. The summed E-state index contributed by atoms with van der Waals surface area (Å²) in [6, 6.07) is 0. The van der Waals surface area contributed by atoms with E-state index in [4.69, 9.17) is 14.6 Å². The standard InChI is InChI=1S/C14H23NO5/c16-13(17)5-10-20-12-1-6-15(7-2-12)14(18)11-3-8-19-9-4-11/h11-12H,1-10H2,(H,16,17). The van der Waals surface area contributed by atoms with Crippen LogP contribution >= 0.6 is 0 Å². The van der Waals surface area contributed by atoms with Crippen molar-refractivity contribution in [2.75, 3.05) is 32.9 Å². The zero-order valence-electron chi connectivity index (χ0n) is 11.8. The summed E-state index contributed by atoms with van der Waals surface area (Å²) in [5.41, 5.74) is 0. The summed E-state index contributed by atoms with van der Waals surface area (Å²) in [4.78, 5) is 24.7. The van der Waals surface area contributed by atoms with Gasteiger partial charge in [0.05, 0.1) is 19.1 Å². The predicted molar refractivity (Wildman–Crippen MR) is 71.3 cm³/mol. The number of ether oxygens (including phenoxy) is 2. The Bertz CT molecular complexity index is 332. The molecule has 0 unspecified atom stereocenters. The Morgan fingerprint density at radius 2 is 1.80 bits per heavy atom. The lowest BCUT2D eigenvalue weighted by molar-refractivity contribution is -0.141. The molecule has 1 N–H and O–H groups in total. The van der Waals surface area contributed by atoms with Crippen LogP contribution in [0.2, 0.25) is 0 Å². The molecule has 2 saturated heterocycles. The van der Waals surface area contributed by atoms with Gasteiger partial charge in [-0.2, -0.15) is 0 Å². The summed E-state index contributed by atoms with van der Waals surface area (Å²) in [5, 5.41) is 8.56. The minimum atomic E-state index is -0.836. The van der Waals surface area contributed by atoms with E-state index in [1.807, 2.05) is 4.90 Å². The van der Waals surface area contributed by atoms with Gasteiger partial charge in [-0.15, -0.1) is 0 Å². The molecule has 2 rings (SSSR count). The van der Waals surface area contributed by atoms with Crippen molar-refractivity contribution in [1.82, 2.24) is 4.90 Å². The van der Waals surface area contributed by atoms with E-state index in [1.54, 1.807) is 0 Å². The summed E-state index contributed by atoms with van der Waals surface area (Å²) in [5.74, 6) is -0.470. The molecule has 6 nitrogen and oxygen atoms in total. The minimum absolute atomic E-state index is 0.0429. The SMILES string of the molecule is O=C(O)CCOC1CCN(C(=O)C2CCOCC2)CC1. The number of carboxylic acid groups (broad SMARTS) is 1. The first-order valence-electron chi connectivity index (χ1n) is 7.36. The van der Waals surface area contributed by atoms with Crippen LogP contribution in [0.1, 0.15) is 32.1 Å². The molecule has 0 saturated carbocycles. The van der Waals surface area contributed by atoms with E-state index in [9.17, 15) is 9.59 Å². The number of carboxylic acids is 1. The molecule has 20 heavy (non-hydrogen) atoms. The van der Waals surface area contributed by atoms with Gasteiger partial charge >= 0.3 is 5.97 Å².